The second kappa shape index (κ2) is 9.06. The maximum Gasteiger partial charge on any atom is 0.228 e. The Balaban J connectivity index is 1.57. The third-order valence-corrected chi connectivity index (χ3v) is 5.20. The lowest BCUT2D eigenvalue weighted by atomic mass is 10.1. The van der Waals surface area contributed by atoms with Gasteiger partial charge in [-0.1, -0.05) is 54.1 Å². The predicted octanol–water partition coefficient (Wildman–Crippen LogP) is 5.92. The van der Waals surface area contributed by atoms with Gasteiger partial charge in [0.2, 0.25) is 5.91 Å². The highest BCUT2D eigenvalue weighted by Crippen LogP contribution is 2.26. The molecule has 0 bridgehead atoms. The fourth-order valence-electron chi connectivity index (χ4n) is 3.60. The molecule has 1 aromatic heterocycles. The zero-order valence-electron chi connectivity index (χ0n) is 16.8. The summed E-state index contributed by atoms with van der Waals surface area (Å²) in [5, 5.41) is 4.79. The van der Waals surface area contributed by atoms with Crippen LogP contribution in [-0.4, -0.2) is 17.1 Å². The van der Waals surface area contributed by atoms with Gasteiger partial charge in [-0.3, -0.25) is 4.79 Å². The number of aromatic nitrogens is 1. The van der Waals surface area contributed by atoms with E-state index in [1.165, 1.54) is 0 Å². The Kier molecular flexibility index (Phi) is 6.05. The molecule has 0 unspecified atom stereocenters. The van der Waals surface area contributed by atoms with Gasteiger partial charge in [0.15, 0.2) is 0 Å². The van der Waals surface area contributed by atoms with Crippen molar-refractivity contribution in [3.8, 4) is 5.75 Å². The number of amides is 1. The van der Waals surface area contributed by atoms with E-state index < -0.39 is 0 Å². The summed E-state index contributed by atoms with van der Waals surface area (Å²) in [5.41, 5.74) is 3.94. The smallest absolute Gasteiger partial charge is 0.228 e. The monoisotopic (exact) mass is 418 g/mol. The SMILES string of the molecule is CCOc1ccccc1NC(=O)Cc1cn(Cc2ccc(Cl)cc2)c2ccccc12. The van der Waals surface area contributed by atoms with E-state index in [1.807, 2.05) is 67.6 Å². The van der Waals surface area contributed by atoms with E-state index in [1.54, 1.807) is 0 Å². The number of benzene rings is 3. The van der Waals surface area contributed by atoms with Crippen LogP contribution in [0.1, 0.15) is 18.1 Å². The first-order chi connectivity index (χ1) is 14.6. The van der Waals surface area contributed by atoms with Crippen LogP contribution in [0.5, 0.6) is 5.75 Å². The zero-order chi connectivity index (χ0) is 20.9. The lowest BCUT2D eigenvalue weighted by molar-refractivity contribution is -0.115. The van der Waals surface area contributed by atoms with E-state index in [9.17, 15) is 4.79 Å². The average Bonchev–Trinajstić information content (AvgIpc) is 3.08. The van der Waals surface area contributed by atoms with Gasteiger partial charge in [-0.2, -0.15) is 0 Å². The molecule has 0 radical (unpaired) electrons. The summed E-state index contributed by atoms with van der Waals surface area (Å²) in [6.45, 7) is 3.19. The molecule has 0 atom stereocenters. The number of fused-ring (bicyclic) bond motifs is 1. The quantitative estimate of drug-likeness (QED) is 0.404. The molecule has 152 valence electrons. The fourth-order valence-corrected chi connectivity index (χ4v) is 3.73. The molecule has 4 aromatic rings. The van der Waals surface area contributed by atoms with E-state index >= 15 is 0 Å². The van der Waals surface area contributed by atoms with Crippen LogP contribution in [0.4, 0.5) is 5.69 Å². The molecular formula is C25H23ClN2O2. The summed E-state index contributed by atoms with van der Waals surface area (Å²) < 4.78 is 7.78. The lowest BCUT2D eigenvalue weighted by Gasteiger charge is -2.11. The second-order valence-electron chi connectivity index (χ2n) is 7.08. The number of carbonyl (C=O) groups excluding carboxylic acids is 1. The highest BCUT2D eigenvalue weighted by Gasteiger charge is 2.14. The van der Waals surface area contributed by atoms with Crippen LogP contribution in [0.15, 0.2) is 79.0 Å². The number of hydrogen-bond donors (Lipinski definition) is 1. The third-order valence-electron chi connectivity index (χ3n) is 4.95. The summed E-state index contributed by atoms with van der Waals surface area (Å²) in [6.07, 6.45) is 2.35. The van der Waals surface area contributed by atoms with Gasteiger partial charge in [0.1, 0.15) is 5.75 Å². The summed E-state index contributed by atoms with van der Waals surface area (Å²) >= 11 is 6.01. The number of ether oxygens (including phenoxy) is 1. The second-order valence-corrected chi connectivity index (χ2v) is 7.52. The number of nitrogens with zero attached hydrogens (tertiary/aromatic N) is 1. The Labute approximate surface area is 181 Å². The van der Waals surface area contributed by atoms with Crippen LogP contribution in [0.3, 0.4) is 0 Å². The molecule has 0 aliphatic rings. The first-order valence-electron chi connectivity index (χ1n) is 9.97. The Morgan fingerprint density at radius 2 is 1.73 bits per heavy atom. The van der Waals surface area contributed by atoms with E-state index in [-0.39, 0.29) is 12.3 Å². The molecule has 1 N–H and O–H groups in total. The highest BCUT2D eigenvalue weighted by atomic mass is 35.5. The van der Waals surface area contributed by atoms with Gasteiger partial charge in [-0.25, -0.2) is 0 Å². The normalized spacial score (nSPS) is 10.9. The minimum atomic E-state index is -0.0726. The van der Waals surface area contributed by atoms with Gasteiger partial charge in [0.25, 0.3) is 0 Å². The number of halogens is 1. The number of anilines is 1. The standard InChI is InChI=1S/C25H23ClN2O2/c1-2-30-24-10-6-4-8-22(24)27-25(29)15-19-17-28(23-9-5-3-7-21(19)23)16-18-11-13-20(26)14-12-18/h3-14,17H,2,15-16H2,1H3,(H,27,29). The molecule has 3 aromatic carbocycles. The van der Waals surface area contributed by atoms with Crippen molar-refractivity contribution < 1.29 is 9.53 Å². The predicted molar refractivity (Wildman–Crippen MR) is 122 cm³/mol. The number of para-hydroxylation sites is 3. The molecule has 1 heterocycles. The van der Waals surface area contributed by atoms with Crippen LogP contribution in [0.2, 0.25) is 5.02 Å². The summed E-state index contributed by atoms with van der Waals surface area (Å²) in [5.74, 6) is 0.607. The molecule has 4 nitrogen and oxygen atoms in total. The van der Waals surface area contributed by atoms with Gasteiger partial charge in [0.05, 0.1) is 18.7 Å². The van der Waals surface area contributed by atoms with Crippen LogP contribution >= 0.6 is 11.6 Å². The van der Waals surface area contributed by atoms with Gasteiger partial charge < -0.3 is 14.6 Å². The largest absolute Gasteiger partial charge is 0.492 e. The first-order valence-corrected chi connectivity index (χ1v) is 10.3. The van der Waals surface area contributed by atoms with E-state index in [0.717, 1.165) is 27.1 Å². The lowest BCUT2D eigenvalue weighted by Crippen LogP contribution is -2.15. The molecular weight excluding hydrogens is 396 g/mol. The van der Waals surface area contributed by atoms with Crippen molar-refractivity contribution in [2.45, 2.75) is 19.9 Å². The topological polar surface area (TPSA) is 43.3 Å². The van der Waals surface area contributed by atoms with Crippen molar-refractivity contribution in [1.82, 2.24) is 4.57 Å². The van der Waals surface area contributed by atoms with Crippen molar-refractivity contribution >= 4 is 34.1 Å². The Morgan fingerprint density at radius 3 is 2.53 bits per heavy atom. The van der Waals surface area contributed by atoms with Crippen LogP contribution in [0, 0.1) is 0 Å². The van der Waals surface area contributed by atoms with Crippen molar-refractivity contribution in [2.75, 3.05) is 11.9 Å². The molecule has 0 fully saturated rings. The van der Waals surface area contributed by atoms with Crippen molar-refractivity contribution in [3.63, 3.8) is 0 Å². The van der Waals surface area contributed by atoms with E-state index in [2.05, 4.69) is 28.2 Å². The van der Waals surface area contributed by atoms with E-state index in [4.69, 9.17) is 16.3 Å². The molecule has 0 saturated carbocycles. The van der Waals surface area contributed by atoms with Gasteiger partial charge >= 0.3 is 0 Å². The van der Waals surface area contributed by atoms with Gasteiger partial charge in [0, 0.05) is 28.7 Å². The van der Waals surface area contributed by atoms with Crippen molar-refractivity contribution in [2.24, 2.45) is 0 Å². The first kappa shape index (κ1) is 20.0. The van der Waals surface area contributed by atoms with Crippen molar-refractivity contribution in [1.29, 1.82) is 0 Å². The molecule has 0 aliphatic heterocycles. The van der Waals surface area contributed by atoms with Crippen molar-refractivity contribution in [3.05, 3.63) is 95.1 Å². The molecule has 0 aliphatic carbocycles. The average molecular weight is 419 g/mol. The maximum absolute atomic E-state index is 12.8. The zero-order valence-corrected chi connectivity index (χ0v) is 17.5. The number of carbonyl (C=O) groups is 1. The molecule has 1 amide bonds. The maximum atomic E-state index is 12.8. The molecule has 5 heteroatoms. The van der Waals surface area contributed by atoms with Gasteiger partial charge in [-0.15, -0.1) is 0 Å². The molecule has 0 saturated heterocycles. The number of hydrogen-bond acceptors (Lipinski definition) is 2. The fraction of sp³-hybridized carbons (Fsp3) is 0.160. The van der Waals surface area contributed by atoms with Crippen LogP contribution in [-0.2, 0) is 17.8 Å². The minimum Gasteiger partial charge on any atom is -0.492 e. The molecule has 30 heavy (non-hydrogen) atoms. The Bertz CT molecular complexity index is 1170. The Hall–Kier alpha value is -3.24. The number of rotatable bonds is 7. The summed E-state index contributed by atoms with van der Waals surface area (Å²) in [6, 6.07) is 23.5. The summed E-state index contributed by atoms with van der Waals surface area (Å²) in [4.78, 5) is 12.8. The molecule has 0 spiro atoms. The van der Waals surface area contributed by atoms with Gasteiger partial charge in [-0.05, 0) is 48.4 Å². The highest BCUT2D eigenvalue weighted by molar-refractivity contribution is 6.30. The van der Waals surface area contributed by atoms with E-state index in [0.29, 0.717) is 24.6 Å². The molecule has 4 rings (SSSR count). The number of nitrogens with one attached hydrogen (secondary N) is 1. The summed E-state index contributed by atoms with van der Waals surface area (Å²) in [7, 11) is 0. The Morgan fingerprint density at radius 1 is 1.00 bits per heavy atom. The third kappa shape index (κ3) is 4.50. The van der Waals surface area contributed by atoms with Crippen LogP contribution < -0.4 is 10.1 Å². The van der Waals surface area contributed by atoms with Crippen LogP contribution in [0.25, 0.3) is 10.9 Å². The minimum absolute atomic E-state index is 0.0726.